The predicted octanol–water partition coefficient (Wildman–Crippen LogP) is 3.27. The summed E-state index contributed by atoms with van der Waals surface area (Å²) in [6, 6.07) is 16.3. The topological polar surface area (TPSA) is 66.5 Å². The Labute approximate surface area is 147 Å². The number of hydrogen-bond acceptors (Lipinski definition) is 3. The average molecular weight is 338 g/mol. The van der Waals surface area contributed by atoms with Crippen LogP contribution in [-0.2, 0) is 16.1 Å². The Balaban J connectivity index is 1.95. The van der Waals surface area contributed by atoms with Crippen LogP contribution in [0.25, 0.3) is 0 Å². The first-order valence-corrected chi connectivity index (χ1v) is 8.22. The molecule has 0 bridgehead atoms. The lowest BCUT2D eigenvalue weighted by Gasteiger charge is -2.21. The van der Waals surface area contributed by atoms with Crippen molar-refractivity contribution < 1.29 is 14.4 Å². The third-order valence-electron chi connectivity index (χ3n) is 3.82. The fourth-order valence-corrected chi connectivity index (χ4v) is 2.45. The Hall–Kier alpha value is -2.95. The predicted molar refractivity (Wildman–Crippen MR) is 97.2 cm³/mol. The molecule has 0 aromatic heterocycles. The fourth-order valence-electron chi connectivity index (χ4n) is 2.45. The van der Waals surface area contributed by atoms with E-state index in [1.54, 1.807) is 29.2 Å². The highest BCUT2D eigenvalue weighted by atomic mass is 16.2. The molecule has 5 heteroatoms. The lowest BCUT2D eigenvalue weighted by molar-refractivity contribution is -0.134. The van der Waals surface area contributed by atoms with Gasteiger partial charge in [0, 0.05) is 24.3 Å². The van der Waals surface area contributed by atoms with Crippen LogP contribution in [0.2, 0.25) is 0 Å². The summed E-state index contributed by atoms with van der Waals surface area (Å²) in [6.45, 7) is 4.35. The smallest absolute Gasteiger partial charge is 0.233 e. The normalized spacial score (nSPS) is 10.2. The Morgan fingerprint density at radius 2 is 1.72 bits per heavy atom. The molecule has 0 saturated carbocycles. The number of amides is 2. The second kappa shape index (κ2) is 8.78. The van der Waals surface area contributed by atoms with Gasteiger partial charge in [-0.1, -0.05) is 42.5 Å². The largest absolute Gasteiger partial charge is 0.338 e. The first kappa shape index (κ1) is 18.4. The molecular formula is C20H22N2O3. The minimum absolute atomic E-state index is 0.0767. The number of carbonyl (C=O) groups excluding carboxylic acids is 3. The minimum Gasteiger partial charge on any atom is -0.338 e. The minimum atomic E-state index is -0.391. The first-order valence-electron chi connectivity index (χ1n) is 8.22. The van der Waals surface area contributed by atoms with Crippen molar-refractivity contribution in [1.82, 2.24) is 4.90 Å². The number of anilines is 1. The van der Waals surface area contributed by atoms with Gasteiger partial charge in [-0.15, -0.1) is 0 Å². The monoisotopic (exact) mass is 338 g/mol. The number of rotatable bonds is 7. The first-order chi connectivity index (χ1) is 12.0. The van der Waals surface area contributed by atoms with Crippen molar-refractivity contribution in [3.63, 3.8) is 0 Å². The summed E-state index contributed by atoms with van der Waals surface area (Å²) in [6.07, 6.45) is -0.231. The lowest BCUT2D eigenvalue weighted by atomic mass is 10.1. The maximum Gasteiger partial charge on any atom is 0.233 e. The third-order valence-corrected chi connectivity index (χ3v) is 3.82. The van der Waals surface area contributed by atoms with Crippen LogP contribution in [0.1, 0.15) is 36.2 Å². The third kappa shape index (κ3) is 5.57. The molecule has 0 atom stereocenters. The number of ketones is 1. The molecule has 25 heavy (non-hydrogen) atoms. The number of Topliss-reactive ketones (excluding diaryl/α,β-unsaturated/α-hetero) is 1. The van der Waals surface area contributed by atoms with Gasteiger partial charge in [0.15, 0.2) is 5.78 Å². The van der Waals surface area contributed by atoms with Gasteiger partial charge in [0.2, 0.25) is 11.8 Å². The number of benzene rings is 2. The van der Waals surface area contributed by atoms with Crippen molar-refractivity contribution >= 4 is 23.3 Å². The SMILES string of the molecule is CCN(Cc1ccccc1)C(=O)CC(=O)Nc1cccc(C(C)=O)c1. The number of nitrogens with zero attached hydrogens (tertiary/aromatic N) is 1. The Morgan fingerprint density at radius 1 is 1.00 bits per heavy atom. The molecule has 2 aromatic rings. The van der Waals surface area contributed by atoms with Crippen molar-refractivity contribution in [2.24, 2.45) is 0 Å². The summed E-state index contributed by atoms with van der Waals surface area (Å²) in [5.74, 6) is -0.698. The summed E-state index contributed by atoms with van der Waals surface area (Å²) >= 11 is 0. The summed E-state index contributed by atoms with van der Waals surface area (Å²) in [4.78, 5) is 37.5. The van der Waals surface area contributed by atoms with E-state index in [0.29, 0.717) is 24.3 Å². The summed E-state index contributed by atoms with van der Waals surface area (Å²) in [7, 11) is 0. The molecule has 0 radical (unpaired) electrons. The van der Waals surface area contributed by atoms with Crippen molar-refractivity contribution in [1.29, 1.82) is 0 Å². The summed E-state index contributed by atoms with van der Waals surface area (Å²) in [5, 5.41) is 2.67. The Bertz CT molecular complexity index is 757. The Kier molecular flexibility index (Phi) is 6.46. The second-order valence-electron chi connectivity index (χ2n) is 5.76. The maximum atomic E-state index is 12.4. The van der Waals surface area contributed by atoms with E-state index in [1.165, 1.54) is 6.92 Å². The zero-order valence-electron chi connectivity index (χ0n) is 14.5. The molecule has 130 valence electrons. The van der Waals surface area contributed by atoms with Gasteiger partial charge in [0.05, 0.1) is 0 Å². The molecule has 2 amide bonds. The van der Waals surface area contributed by atoms with E-state index in [0.717, 1.165) is 5.56 Å². The Morgan fingerprint density at radius 3 is 2.36 bits per heavy atom. The van der Waals surface area contributed by atoms with Crippen LogP contribution in [0, 0.1) is 0 Å². The number of carbonyl (C=O) groups is 3. The molecule has 0 aliphatic carbocycles. The van der Waals surface area contributed by atoms with Crippen LogP contribution in [-0.4, -0.2) is 29.0 Å². The molecule has 0 spiro atoms. The standard InChI is InChI=1S/C20H22N2O3/c1-3-22(14-16-8-5-4-6-9-16)20(25)13-19(24)21-18-11-7-10-17(12-18)15(2)23/h4-12H,3,13-14H2,1-2H3,(H,21,24). The van der Waals surface area contributed by atoms with E-state index in [2.05, 4.69) is 5.32 Å². The fraction of sp³-hybridized carbons (Fsp3) is 0.250. The molecular weight excluding hydrogens is 316 g/mol. The molecule has 5 nitrogen and oxygen atoms in total. The van der Waals surface area contributed by atoms with E-state index in [9.17, 15) is 14.4 Å². The van der Waals surface area contributed by atoms with Crippen LogP contribution in [0.4, 0.5) is 5.69 Å². The van der Waals surface area contributed by atoms with Crippen LogP contribution in [0.5, 0.6) is 0 Å². The van der Waals surface area contributed by atoms with E-state index in [4.69, 9.17) is 0 Å². The molecule has 2 rings (SSSR count). The van der Waals surface area contributed by atoms with Gasteiger partial charge in [-0.25, -0.2) is 0 Å². The molecule has 0 aliphatic rings. The average Bonchev–Trinajstić information content (AvgIpc) is 2.60. The van der Waals surface area contributed by atoms with Crippen molar-refractivity contribution in [3.8, 4) is 0 Å². The van der Waals surface area contributed by atoms with Gasteiger partial charge >= 0.3 is 0 Å². The molecule has 1 N–H and O–H groups in total. The molecule has 0 saturated heterocycles. The van der Waals surface area contributed by atoms with Crippen LogP contribution < -0.4 is 5.32 Å². The van der Waals surface area contributed by atoms with Gasteiger partial charge in [0.1, 0.15) is 6.42 Å². The van der Waals surface area contributed by atoms with E-state index in [1.807, 2.05) is 37.3 Å². The molecule has 0 unspecified atom stereocenters. The number of nitrogens with one attached hydrogen (secondary N) is 1. The number of hydrogen-bond donors (Lipinski definition) is 1. The van der Waals surface area contributed by atoms with Crippen molar-refractivity contribution in [3.05, 3.63) is 65.7 Å². The van der Waals surface area contributed by atoms with E-state index >= 15 is 0 Å². The highest BCUT2D eigenvalue weighted by molar-refractivity contribution is 6.04. The summed E-state index contributed by atoms with van der Waals surface area (Å²) < 4.78 is 0. The van der Waals surface area contributed by atoms with E-state index < -0.39 is 5.91 Å². The van der Waals surface area contributed by atoms with Gasteiger partial charge in [-0.2, -0.15) is 0 Å². The van der Waals surface area contributed by atoms with Crippen LogP contribution in [0.15, 0.2) is 54.6 Å². The molecule has 0 heterocycles. The summed E-state index contributed by atoms with van der Waals surface area (Å²) in [5.41, 5.74) is 2.05. The van der Waals surface area contributed by atoms with Crippen molar-refractivity contribution in [2.75, 3.05) is 11.9 Å². The maximum absolute atomic E-state index is 12.4. The highest BCUT2D eigenvalue weighted by Gasteiger charge is 2.16. The molecule has 2 aromatic carbocycles. The second-order valence-corrected chi connectivity index (χ2v) is 5.76. The van der Waals surface area contributed by atoms with E-state index in [-0.39, 0.29) is 18.1 Å². The zero-order valence-corrected chi connectivity index (χ0v) is 14.5. The molecule has 0 aliphatic heterocycles. The van der Waals surface area contributed by atoms with Gasteiger partial charge in [0.25, 0.3) is 0 Å². The van der Waals surface area contributed by atoms with Crippen LogP contribution in [0.3, 0.4) is 0 Å². The lowest BCUT2D eigenvalue weighted by Crippen LogP contribution is -2.33. The van der Waals surface area contributed by atoms with Gasteiger partial charge < -0.3 is 10.2 Å². The molecule has 0 fully saturated rings. The van der Waals surface area contributed by atoms with Gasteiger partial charge in [-0.05, 0) is 31.5 Å². The highest BCUT2D eigenvalue weighted by Crippen LogP contribution is 2.12. The zero-order chi connectivity index (χ0) is 18.2. The quantitative estimate of drug-likeness (QED) is 0.622. The van der Waals surface area contributed by atoms with Crippen LogP contribution >= 0.6 is 0 Å². The van der Waals surface area contributed by atoms with Crippen molar-refractivity contribution in [2.45, 2.75) is 26.8 Å². The van der Waals surface area contributed by atoms with Gasteiger partial charge in [-0.3, -0.25) is 14.4 Å².